The first kappa shape index (κ1) is 9.51. The van der Waals surface area contributed by atoms with E-state index in [1.807, 2.05) is 0 Å². The summed E-state index contributed by atoms with van der Waals surface area (Å²) in [6.45, 7) is 8.92. The van der Waals surface area contributed by atoms with Gasteiger partial charge in [-0.3, -0.25) is 0 Å². The van der Waals surface area contributed by atoms with Gasteiger partial charge >= 0.3 is 0 Å². The van der Waals surface area contributed by atoms with E-state index in [-0.39, 0.29) is 5.41 Å². The molecule has 0 N–H and O–H groups in total. The third kappa shape index (κ3) is 1.61. The van der Waals surface area contributed by atoms with Crippen molar-refractivity contribution in [2.75, 3.05) is 0 Å². The van der Waals surface area contributed by atoms with Crippen molar-refractivity contribution >= 4 is 6.08 Å². The van der Waals surface area contributed by atoms with E-state index >= 15 is 0 Å². The van der Waals surface area contributed by atoms with Crippen LogP contribution in [0.5, 0.6) is 0 Å². The van der Waals surface area contributed by atoms with Crippen LogP contribution in [0.4, 0.5) is 0 Å². The first-order valence-corrected chi connectivity index (χ1v) is 5.19. The molecule has 0 aliphatic heterocycles. The molecule has 0 aromatic heterocycles. The summed E-state index contributed by atoms with van der Waals surface area (Å²) < 4.78 is 0. The lowest BCUT2D eigenvalue weighted by molar-refractivity contribution is 0.590. The van der Waals surface area contributed by atoms with Gasteiger partial charge in [0.05, 0.1) is 0 Å². The van der Waals surface area contributed by atoms with E-state index < -0.39 is 0 Å². The van der Waals surface area contributed by atoms with Crippen molar-refractivity contribution in [1.29, 1.82) is 0 Å². The molecule has 73 valence electrons. The first-order valence-electron chi connectivity index (χ1n) is 5.19. The summed E-state index contributed by atoms with van der Waals surface area (Å²) in [5.41, 5.74) is 5.78. The number of allylic oxidation sites excluding steroid dienone is 1. The van der Waals surface area contributed by atoms with Gasteiger partial charge in [0.2, 0.25) is 0 Å². The van der Waals surface area contributed by atoms with E-state index in [1.165, 1.54) is 22.3 Å². The second-order valence-electron chi connectivity index (χ2n) is 5.24. The quantitative estimate of drug-likeness (QED) is 0.577. The zero-order chi connectivity index (χ0) is 10.3. The highest BCUT2D eigenvalue weighted by atomic mass is 14.2. The standard InChI is InChI=1S/C14H17/c1-10-7-11-5-6-13(14(2,3)4)9-12(11)8-10/h6,8-9H,7H2,1-4H3. The predicted octanol–water partition coefficient (Wildman–Crippen LogP) is 3.74. The van der Waals surface area contributed by atoms with Gasteiger partial charge in [-0.2, -0.15) is 0 Å². The van der Waals surface area contributed by atoms with Crippen LogP contribution in [0.25, 0.3) is 6.08 Å². The number of hydrogen-bond acceptors (Lipinski definition) is 0. The SMILES string of the molecule is CC1=Cc2cc(C(C)(C)C)c[c]c2C1. The first-order chi connectivity index (χ1) is 6.47. The van der Waals surface area contributed by atoms with E-state index in [2.05, 4.69) is 52.0 Å². The van der Waals surface area contributed by atoms with Gasteiger partial charge in [0.25, 0.3) is 0 Å². The van der Waals surface area contributed by atoms with E-state index in [4.69, 9.17) is 0 Å². The third-order valence-electron chi connectivity index (χ3n) is 2.78. The Labute approximate surface area is 86.7 Å². The van der Waals surface area contributed by atoms with Gasteiger partial charge in [-0.05, 0) is 41.5 Å². The molecule has 0 atom stereocenters. The van der Waals surface area contributed by atoms with Crippen molar-refractivity contribution in [3.05, 3.63) is 40.5 Å². The molecule has 14 heavy (non-hydrogen) atoms. The molecule has 0 saturated heterocycles. The van der Waals surface area contributed by atoms with Crippen molar-refractivity contribution < 1.29 is 0 Å². The summed E-state index contributed by atoms with van der Waals surface area (Å²) in [5.74, 6) is 0. The van der Waals surface area contributed by atoms with Crippen LogP contribution in [0.1, 0.15) is 44.4 Å². The Balaban J connectivity index is 2.46. The molecular formula is C14H17. The molecule has 1 aliphatic rings. The van der Waals surface area contributed by atoms with Gasteiger partial charge in [0.1, 0.15) is 0 Å². The Bertz CT molecular complexity index is 389. The fourth-order valence-electron chi connectivity index (χ4n) is 1.85. The molecule has 0 unspecified atom stereocenters. The largest absolute Gasteiger partial charge is 0.0683 e. The van der Waals surface area contributed by atoms with Gasteiger partial charge in [-0.15, -0.1) is 0 Å². The van der Waals surface area contributed by atoms with Crippen molar-refractivity contribution in [1.82, 2.24) is 0 Å². The number of rotatable bonds is 0. The van der Waals surface area contributed by atoms with Crippen LogP contribution >= 0.6 is 0 Å². The minimum absolute atomic E-state index is 0.232. The lowest BCUT2D eigenvalue weighted by atomic mass is 9.85. The highest BCUT2D eigenvalue weighted by Gasteiger charge is 2.17. The number of hydrogen-bond donors (Lipinski definition) is 0. The molecule has 0 bridgehead atoms. The van der Waals surface area contributed by atoms with Crippen molar-refractivity contribution in [2.45, 2.75) is 39.5 Å². The van der Waals surface area contributed by atoms with E-state index in [0.717, 1.165) is 6.42 Å². The molecule has 0 saturated carbocycles. The van der Waals surface area contributed by atoms with Crippen LogP contribution in [-0.2, 0) is 11.8 Å². The van der Waals surface area contributed by atoms with E-state index in [0.29, 0.717) is 0 Å². The van der Waals surface area contributed by atoms with E-state index in [9.17, 15) is 0 Å². The van der Waals surface area contributed by atoms with Crippen molar-refractivity contribution in [2.24, 2.45) is 0 Å². The topological polar surface area (TPSA) is 0 Å². The molecule has 0 amide bonds. The van der Waals surface area contributed by atoms with Crippen LogP contribution < -0.4 is 0 Å². The third-order valence-corrected chi connectivity index (χ3v) is 2.78. The Morgan fingerprint density at radius 1 is 1.29 bits per heavy atom. The Hall–Kier alpha value is -1.04. The maximum absolute atomic E-state index is 3.40. The van der Waals surface area contributed by atoms with Gasteiger partial charge < -0.3 is 0 Å². The zero-order valence-corrected chi connectivity index (χ0v) is 9.44. The predicted molar refractivity (Wildman–Crippen MR) is 61.3 cm³/mol. The molecule has 1 aromatic rings. The molecule has 0 heterocycles. The minimum atomic E-state index is 0.232. The summed E-state index contributed by atoms with van der Waals surface area (Å²) in [4.78, 5) is 0. The van der Waals surface area contributed by atoms with Gasteiger partial charge in [0, 0.05) is 0 Å². The van der Waals surface area contributed by atoms with Gasteiger partial charge in [0.15, 0.2) is 0 Å². The number of fused-ring (bicyclic) bond motifs is 1. The van der Waals surface area contributed by atoms with Gasteiger partial charge in [-0.25, -0.2) is 0 Å². The van der Waals surface area contributed by atoms with Gasteiger partial charge in [-0.1, -0.05) is 44.6 Å². The average molecular weight is 185 g/mol. The lowest BCUT2D eigenvalue weighted by Crippen LogP contribution is -2.11. The Morgan fingerprint density at radius 2 is 2.00 bits per heavy atom. The van der Waals surface area contributed by atoms with Crippen molar-refractivity contribution in [3.8, 4) is 0 Å². The monoisotopic (exact) mass is 185 g/mol. The Morgan fingerprint density at radius 3 is 2.64 bits per heavy atom. The smallest absolute Gasteiger partial charge is 0.00544 e. The van der Waals surface area contributed by atoms with Crippen LogP contribution in [-0.4, -0.2) is 0 Å². The van der Waals surface area contributed by atoms with Crippen LogP contribution in [0.15, 0.2) is 17.7 Å². The summed E-state index contributed by atoms with van der Waals surface area (Å²) in [6.07, 6.45) is 3.36. The summed E-state index contributed by atoms with van der Waals surface area (Å²) in [7, 11) is 0. The minimum Gasteiger partial charge on any atom is -0.0683 e. The Kier molecular flexibility index (Phi) is 2.02. The maximum Gasteiger partial charge on any atom is -0.00544 e. The fourth-order valence-corrected chi connectivity index (χ4v) is 1.85. The maximum atomic E-state index is 3.40. The second-order valence-corrected chi connectivity index (χ2v) is 5.24. The average Bonchev–Trinajstić information content (AvgIpc) is 2.41. The van der Waals surface area contributed by atoms with E-state index in [1.54, 1.807) is 0 Å². The summed E-state index contributed by atoms with van der Waals surface area (Å²) in [6, 6.07) is 7.85. The highest BCUT2D eigenvalue weighted by molar-refractivity contribution is 5.64. The molecule has 0 nitrogen and oxygen atoms in total. The summed E-state index contributed by atoms with van der Waals surface area (Å²) >= 11 is 0. The lowest BCUT2D eigenvalue weighted by Gasteiger charge is -2.19. The molecule has 1 radical (unpaired) electrons. The highest BCUT2D eigenvalue weighted by Crippen LogP contribution is 2.29. The second kappa shape index (κ2) is 2.98. The molecule has 2 rings (SSSR count). The molecule has 1 aromatic carbocycles. The molecule has 0 spiro atoms. The molecule has 0 fully saturated rings. The normalized spacial score (nSPS) is 15.3. The molecular weight excluding hydrogens is 168 g/mol. The van der Waals surface area contributed by atoms with Crippen LogP contribution in [0, 0.1) is 6.07 Å². The molecule has 1 aliphatic carbocycles. The zero-order valence-electron chi connectivity index (χ0n) is 9.44. The summed E-state index contributed by atoms with van der Waals surface area (Å²) in [5, 5.41) is 0. The van der Waals surface area contributed by atoms with Crippen molar-refractivity contribution in [3.63, 3.8) is 0 Å². The molecule has 0 heteroatoms. The van der Waals surface area contributed by atoms with Crippen LogP contribution in [0.2, 0.25) is 0 Å². The number of benzene rings is 1. The van der Waals surface area contributed by atoms with Crippen LogP contribution in [0.3, 0.4) is 0 Å². The fraction of sp³-hybridized carbons (Fsp3) is 0.429.